The average Bonchev–Trinajstić information content (AvgIpc) is 2.05. The van der Waals surface area contributed by atoms with Gasteiger partial charge in [0, 0.05) is 6.07 Å². The molecule has 0 aliphatic heterocycles. The number of nitrogens with zero attached hydrogens (tertiary/aromatic N) is 1. The monoisotopic (exact) mass is 236 g/mol. The minimum Gasteiger partial charge on any atom is -0.392 e. The van der Waals surface area contributed by atoms with Crippen LogP contribution >= 0.6 is 12.2 Å². The molecule has 1 aromatic heterocycles. The molecule has 82 valence electrons. The van der Waals surface area contributed by atoms with Crippen molar-refractivity contribution in [2.45, 2.75) is 12.7 Å². The molecule has 0 amide bonds. The third-order valence-corrected chi connectivity index (χ3v) is 1.78. The summed E-state index contributed by atoms with van der Waals surface area (Å²) in [4.78, 5) is 11.0. The SMILES string of the molecule is NC(=S)Cn1c(C(F)(F)F)cccc1=O. The first-order chi connectivity index (χ1) is 6.82. The molecule has 0 radical (unpaired) electrons. The highest BCUT2D eigenvalue weighted by Gasteiger charge is 2.34. The van der Waals surface area contributed by atoms with E-state index in [1.807, 2.05) is 0 Å². The third-order valence-electron chi connectivity index (χ3n) is 1.65. The number of rotatable bonds is 2. The van der Waals surface area contributed by atoms with Crippen LogP contribution in [0.5, 0.6) is 0 Å². The molecule has 2 N–H and O–H groups in total. The van der Waals surface area contributed by atoms with Crippen molar-refractivity contribution in [3.8, 4) is 0 Å². The van der Waals surface area contributed by atoms with Gasteiger partial charge in [-0.15, -0.1) is 0 Å². The van der Waals surface area contributed by atoms with Crippen molar-refractivity contribution >= 4 is 17.2 Å². The molecule has 1 aromatic rings. The second kappa shape index (κ2) is 4.01. The van der Waals surface area contributed by atoms with Gasteiger partial charge < -0.3 is 5.73 Å². The minimum atomic E-state index is -4.59. The Morgan fingerprint density at radius 3 is 2.53 bits per heavy atom. The molecule has 0 unspecified atom stereocenters. The Hall–Kier alpha value is -1.37. The van der Waals surface area contributed by atoms with Crippen molar-refractivity contribution in [1.82, 2.24) is 4.57 Å². The fourth-order valence-electron chi connectivity index (χ4n) is 1.09. The van der Waals surface area contributed by atoms with E-state index in [2.05, 4.69) is 12.2 Å². The number of hydrogen-bond acceptors (Lipinski definition) is 2. The van der Waals surface area contributed by atoms with Crippen molar-refractivity contribution in [3.05, 3.63) is 34.2 Å². The smallest absolute Gasteiger partial charge is 0.392 e. The second-order valence-electron chi connectivity index (χ2n) is 2.80. The highest BCUT2D eigenvalue weighted by atomic mass is 32.1. The average molecular weight is 236 g/mol. The first-order valence-electron chi connectivity index (χ1n) is 3.87. The molecule has 0 aromatic carbocycles. The summed E-state index contributed by atoms with van der Waals surface area (Å²) in [5, 5.41) is 0. The maximum atomic E-state index is 12.4. The maximum absolute atomic E-state index is 12.4. The molecule has 0 aliphatic rings. The quantitative estimate of drug-likeness (QED) is 0.784. The van der Waals surface area contributed by atoms with E-state index in [1.54, 1.807) is 0 Å². The number of thiocarbonyl (C=S) groups is 1. The number of pyridine rings is 1. The number of hydrogen-bond donors (Lipinski definition) is 1. The van der Waals surface area contributed by atoms with Gasteiger partial charge >= 0.3 is 6.18 Å². The molecule has 7 heteroatoms. The van der Waals surface area contributed by atoms with E-state index < -0.39 is 24.0 Å². The van der Waals surface area contributed by atoms with Gasteiger partial charge in [0.2, 0.25) is 0 Å². The molecule has 0 saturated carbocycles. The van der Waals surface area contributed by atoms with E-state index in [4.69, 9.17) is 5.73 Å². The number of nitrogens with two attached hydrogens (primary N) is 1. The van der Waals surface area contributed by atoms with Crippen LogP contribution in [-0.4, -0.2) is 9.56 Å². The summed E-state index contributed by atoms with van der Waals surface area (Å²) in [5.41, 5.74) is 3.28. The van der Waals surface area contributed by atoms with E-state index in [9.17, 15) is 18.0 Å². The topological polar surface area (TPSA) is 48.0 Å². The van der Waals surface area contributed by atoms with E-state index in [-0.39, 0.29) is 4.99 Å². The van der Waals surface area contributed by atoms with Gasteiger partial charge in [-0.1, -0.05) is 18.3 Å². The molecule has 0 fully saturated rings. The van der Waals surface area contributed by atoms with Crippen molar-refractivity contribution in [2.75, 3.05) is 0 Å². The zero-order valence-corrected chi connectivity index (χ0v) is 8.23. The van der Waals surface area contributed by atoms with Gasteiger partial charge in [0.05, 0.1) is 11.5 Å². The largest absolute Gasteiger partial charge is 0.431 e. The number of alkyl halides is 3. The van der Waals surface area contributed by atoms with Crippen LogP contribution in [0.2, 0.25) is 0 Å². The Balaban J connectivity index is 3.33. The Bertz CT molecular complexity index is 438. The van der Waals surface area contributed by atoms with Gasteiger partial charge in [0.1, 0.15) is 5.69 Å². The third kappa shape index (κ3) is 2.79. The van der Waals surface area contributed by atoms with E-state index in [0.29, 0.717) is 4.57 Å². The Kier molecular flexibility index (Phi) is 3.13. The highest BCUT2D eigenvalue weighted by molar-refractivity contribution is 7.80. The van der Waals surface area contributed by atoms with Crippen molar-refractivity contribution in [2.24, 2.45) is 5.73 Å². The zero-order valence-electron chi connectivity index (χ0n) is 7.41. The van der Waals surface area contributed by atoms with Crippen LogP contribution < -0.4 is 11.3 Å². The van der Waals surface area contributed by atoms with Gasteiger partial charge in [-0.2, -0.15) is 13.2 Å². The Morgan fingerprint density at radius 2 is 2.07 bits per heavy atom. The first kappa shape index (κ1) is 11.7. The van der Waals surface area contributed by atoms with Crippen LogP contribution in [-0.2, 0) is 12.7 Å². The Morgan fingerprint density at radius 1 is 1.47 bits per heavy atom. The first-order valence-corrected chi connectivity index (χ1v) is 4.28. The van der Waals surface area contributed by atoms with Crippen LogP contribution in [0.1, 0.15) is 5.69 Å². The summed E-state index contributed by atoms with van der Waals surface area (Å²) in [7, 11) is 0. The lowest BCUT2D eigenvalue weighted by molar-refractivity contribution is -0.143. The Labute approximate surface area is 88.3 Å². The maximum Gasteiger partial charge on any atom is 0.431 e. The molecule has 0 aliphatic carbocycles. The van der Waals surface area contributed by atoms with Crippen molar-refractivity contribution in [1.29, 1.82) is 0 Å². The summed E-state index contributed by atoms with van der Waals surface area (Å²) < 4.78 is 37.8. The van der Waals surface area contributed by atoms with Crippen molar-refractivity contribution < 1.29 is 13.2 Å². The molecule has 0 atom stereocenters. The van der Waals surface area contributed by atoms with Crippen LogP contribution in [0.25, 0.3) is 0 Å². The zero-order chi connectivity index (χ0) is 11.6. The van der Waals surface area contributed by atoms with Gasteiger partial charge in [0.25, 0.3) is 5.56 Å². The van der Waals surface area contributed by atoms with Gasteiger partial charge in [-0.25, -0.2) is 0 Å². The predicted octanol–water partition coefficient (Wildman–Crippen LogP) is 1.15. The molecule has 1 heterocycles. The molecular formula is C8H7F3N2OS. The summed E-state index contributed by atoms with van der Waals surface area (Å²) in [6, 6.07) is 2.87. The van der Waals surface area contributed by atoms with Gasteiger partial charge in [-0.05, 0) is 6.07 Å². The normalized spacial score (nSPS) is 11.4. The summed E-state index contributed by atoms with van der Waals surface area (Å²) >= 11 is 4.47. The van der Waals surface area contributed by atoms with Gasteiger partial charge in [0.15, 0.2) is 0 Å². The lowest BCUT2D eigenvalue weighted by Gasteiger charge is -2.13. The van der Waals surface area contributed by atoms with Crippen LogP contribution in [0, 0.1) is 0 Å². The fraction of sp³-hybridized carbons (Fsp3) is 0.250. The van der Waals surface area contributed by atoms with E-state index in [1.165, 1.54) is 0 Å². The lowest BCUT2D eigenvalue weighted by atomic mass is 10.3. The fourth-order valence-corrected chi connectivity index (χ4v) is 1.22. The van der Waals surface area contributed by atoms with E-state index in [0.717, 1.165) is 18.2 Å². The number of aromatic nitrogens is 1. The van der Waals surface area contributed by atoms with Crippen LogP contribution in [0.3, 0.4) is 0 Å². The van der Waals surface area contributed by atoms with Crippen LogP contribution in [0.15, 0.2) is 23.0 Å². The predicted molar refractivity (Wildman–Crippen MR) is 52.5 cm³/mol. The summed E-state index contributed by atoms with van der Waals surface area (Å²) in [6.07, 6.45) is -4.59. The standard InChI is InChI=1S/C8H7F3N2OS/c9-8(10,11)5-2-1-3-7(14)13(5)4-6(12)15/h1-3H,4H2,(H2,12,15). The van der Waals surface area contributed by atoms with E-state index >= 15 is 0 Å². The summed E-state index contributed by atoms with van der Waals surface area (Å²) in [6.45, 7) is -0.413. The molecule has 0 spiro atoms. The molecule has 1 rings (SSSR count). The van der Waals surface area contributed by atoms with Crippen LogP contribution in [0.4, 0.5) is 13.2 Å². The molecule has 0 bridgehead atoms. The molecule has 3 nitrogen and oxygen atoms in total. The highest BCUT2D eigenvalue weighted by Crippen LogP contribution is 2.27. The van der Waals surface area contributed by atoms with Crippen molar-refractivity contribution in [3.63, 3.8) is 0 Å². The number of halogens is 3. The second-order valence-corrected chi connectivity index (χ2v) is 3.32. The lowest BCUT2D eigenvalue weighted by Crippen LogP contribution is -2.31. The minimum absolute atomic E-state index is 0.172. The molecule has 15 heavy (non-hydrogen) atoms. The summed E-state index contributed by atoms with van der Waals surface area (Å²) in [5.74, 6) is 0. The van der Waals surface area contributed by atoms with Gasteiger partial charge in [-0.3, -0.25) is 9.36 Å². The molecule has 0 saturated heterocycles. The molecular weight excluding hydrogens is 229 g/mol.